The number of rotatable bonds is 2. The van der Waals surface area contributed by atoms with Gasteiger partial charge in [-0.25, -0.2) is 0 Å². The Hall–Kier alpha value is -0.320. The monoisotopic (exact) mass is 260 g/mol. The van der Waals surface area contributed by atoms with Gasteiger partial charge in [0, 0.05) is 16.9 Å². The quantitative estimate of drug-likeness (QED) is 0.887. The van der Waals surface area contributed by atoms with Gasteiger partial charge in [-0.3, -0.25) is 0 Å². The highest BCUT2D eigenvalue weighted by Gasteiger charge is 2.18. The van der Waals surface area contributed by atoms with Gasteiger partial charge in [0.05, 0.1) is 16.7 Å². The number of aliphatic hydroxyl groups excluding tert-OH is 1. The number of halogens is 1. The van der Waals surface area contributed by atoms with Gasteiger partial charge in [0.1, 0.15) is 6.10 Å². The molecule has 1 N–H and O–H groups in total. The molecule has 1 unspecified atom stereocenters. The van der Waals surface area contributed by atoms with Crippen molar-refractivity contribution in [3.8, 4) is 0 Å². The van der Waals surface area contributed by atoms with Gasteiger partial charge in [0.2, 0.25) is 0 Å². The van der Waals surface area contributed by atoms with E-state index in [9.17, 15) is 5.11 Å². The molecule has 1 aromatic rings. The van der Waals surface area contributed by atoms with E-state index in [1.54, 1.807) is 17.6 Å². The van der Waals surface area contributed by atoms with E-state index in [0.717, 1.165) is 20.7 Å². The fraction of sp³-hybridized carbons (Fsp3) is 0.333. The number of ether oxygens (including phenoxy) is 1. The molecule has 0 fully saturated rings. The van der Waals surface area contributed by atoms with Crippen molar-refractivity contribution in [3.05, 3.63) is 32.6 Å². The number of aliphatic hydroxyl groups is 1. The summed E-state index contributed by atoms with van der Waals surface area (Å²) >= 11 is 4.92. The van der Waals surface area contributed by atoms with Gasteiger partial charge >= 0.3 is 0 Å². The molecule has 2 rings (SSSR count). The van der Waals surface area contributed by atoms with Gasteiger partial charge in [-0.1, -0.05) is 0 Å². The molecule has 0 bridgehead atoms. The first-order valence-electron chi connectivity index (χ1n) is 4.01. The van der Waals surface area contributed by atoms with Crippen LogP contribution in [0.3, 0.4) is 0 Å². The Bertz CT molecular complexity index is 332. The first-order chi connectivity index (χ1) is 6.27. The van der Waals surface area contributed by atoms with Crippen LogP contribution in [0, 0.1) is 0 Å². The molecule has 1 aliphatic rings. The molecular formula is C9H9BrO2S. The summed E-state index contributed by atoms with van der Waals surface area (Å²) in [5, 5.41) is 9.87. The fourth-order valence-corrected chi connectivity index (χ4v) is 2.71. The normalized spacial score (nSPS) is 18.2. The molecule has 0 saturated heterocycles. The Morgan fingerprint density at radius 2 is 2.38 bits per heavy atom. The van der Waals surface area contributed by atoms with E-state index in [2.05, 4.69) is 15.9 Å². The molecular weight excluding hydrogens is 252 g/mol. The van der Waals surface area contributed by atoms with Crippen LogP contribution in [0.5, 0.6) is 0 Å². The van der Waals surface area contributed by atoms with Gasteiger partial charge < -0.3 is 9.84 Å². The van der Waals surface area contributed by atoms with Crippen molar-refractivity contribution in [1.29, 1.82) is 0 Å². The highest BCUT2D eigenvalue weighted by molar-refractivity contribution is 9.11. The molecule has 1 aromatic heterocycles. The lowest BCUT2D eigenvalue weighted by molar-refractivity contribution is 0.217. The van der Waals surface area contributed by atoms with Crippen LogP contribution in [0.4, 0.5) is 0 Å². The lowest BCUT2D eigenvalue weighted by Gasteiger charge is -2.06. The van der Waals surface area contributed by atoms with Crippen LogP contribution >= 0.6 is 27.3 Å². The van der Waals surface area contributed by atoms with Crippen molar-refractivity contribution < 1.29 is 9.84 Å². The van der Waals surface area contributed by atoms with Crippen LogP contribution in [0.15, 0.2) is 27.8 Å². The third kappa shape index (κ3) is 1.95. The first kappa shape index (κ1) is 9.24. The lowest BCUT2D eigenvalue weighted by atomic mass is 10.1. The second kappa shape index (κ2) is 3.82. The molecule has 0 aliphatic carbocycles. The smallest absolute Gasteiger partial charge is 0.113 e. The molecule has 0 aromatic carbocycles. The van der Waals surface area contributed by atoms with Crippen LogP contribution in [-0.4, -0.2) is 11.7 Å². The summed E-state index contributed by atoms with van der Waals surface area (Å²) in [5.74, 6) is 0. The third-order valence-electron chi connectivity index (χ3n) is 1.96. The zero-order chi connectivity index (χ0) is 9.26. The molecule has 1 aliphatic heterocycles. The minimum absolute atomic E-state index is 0.487. The SMILES string of the molecule is OC(C1=COCC1)c1ccc(Br)s1. The van der Waals surface area contributed by atoms with E-state index in [1.165, 1.54) is 0 Å². The maximum absolute atomic E-state index is 9.87. The highest BCUT2D eigenvalue weighted by atomic mass is 79.9. The second-order valence-electron chi connectivity index (χ2n) is 2.86. The van der Waals surface area contributed by atoms with Gasteiger partial charge in [0.15, 0.2) is 0 Å². The second-order valence-corrected chi connectivity index (χ2v) is 5.35. The number of hydrogen-bond donors (Lipinski definition) is 1. The molecule has 0 spiro atoms. The van der Waals surface area contributed by atoms with Gasteiger partial charge in [-0.15, -0.1) is 11.3 Å². The first-order valence-corrected chi connectivity index (χ1v) is 5.62. The van der Waals surface area contributed by atoms with E-state index in [4.69, 9.17) is 4.74 Å². The third-order valence-corrected chi connectivity index (χ3v) is 3.63. The zero-order valence-electron chi connectivity index (χ0n) is 6.87. The Kier molecular flexibility index (Phi) is 2.71. The molecule has 0 saturated carbocycles. The van der Waals surface area contributed by atoms with E-state index in [1.807, 2.05) is 12.1 Å². The van der Waals surface area contributed by atoms with Crippen LogP contribution in [0.1, 0.15) is 17.4 Å². The maximum Gasteiger partial charge on any atom is 0.113 e. The summed E-state index contributed by atoms with van der Waals surface area (Å²) in [6, 6.07) is 3.87. The average molecular weight is 261 g/mol. The molecule has 2 nitrogen and oxygen atoms in total. The molecule has 13 heavy (non-hydrogen) atoms. The Morgan fingerprint density at radius 1 is 1.54 bits per heavy atom. The van der Waals surface area contributed by atoms with Gasteiger partial charge in [-0.05, 0) is 28.1 Å². The van der Waals surface area contributed by atoms with E-state index < -0.39 is 6.10 Å². The summed E-state index contributed by atoms with van der Waals surface area (Å²) in [6.07, 6.45) is 2.01. The van der Waals surface area contributed by atoms with Gasteiger partial charge in [0.25, 0.3) is 0 Å². The highest BCUT2D eigenvalue weighted by Crippen LogP contribution is 2.33. The van der Waals surface area contributed by atoms with E-state index >= 15 is 0 Å². The van der Waals surface area contributed by atoms with E-state index in [-0.39, 0.29) is 0 Å². The summed E-state index contributed by atoms with van der Waals surface area (Å²) in [6.45, 7) is 0.693. The maximum atomic E-state index is 9.87. The largest absolute Gasteiger partial charge is 0.501 e. The summed E-state index contributed by atoms with van der Waals surface area (Å²) < 4.78 is 6.12. The summed E-state index contributed by atoms with van der Waals surface area (Å²) in [5.41, 5.74) is 0.967. The fourth-order valence-electron chi connectivity index (χ4n) is 1.26. The van der Waals surface area contributed by atoms with Crippen molar-refractivity contribution in [1.82, 2.24) is 0 Å². The summed E-state index contributed by atoms with van der Waals surface area (Å²) in [4.78, 5) is 0.962. The van der Waals surface area contributed by atoms with Crippen molar-refractivity contribution in [2.75, 3.05) is 6.61 Å². The van der Waals surface area contributed by atoms with Crippen LogP contribution < -0.4 is 0 Å². The predicted octanol–water partition coefficient (Wildman–Crippen LogP) is 2.85. The number of hydrogen-bond acceptors (Lipinski definition) is 3. The summed E-state index contributed by atoms with van der Waals surface area (Å²) in [7, 11) is 0. The number of thiophene rings is 1. The molecule has 1 atom stereocenters. The zero-order valence-corrected chi connectivity index (χ0v) is 9.27. The van der Waals surface area contributed by atoms with Crippen LogP contribution in [-0.2, 0) is 4.74 Å². The molecule has 0 amide bonds. The van der Waals surface area contributed by atoms with Crippen molar-refractivity contribution in [2.24, 2.45) is 0 Å². The molecule has 2 heterocycles. The minimum Gasteiger partial charge on any atom is -0.501 e. The van der Waals surface area contributed by atoms with Crippen LogP contribution in [0.25, 0.3) is 0 Å². The standard InChI is InChI=1S/C9H9BrO2S/c10-8-2-1-7(13-8)9(11)6-3-4-12-5-6/h1-2,5,9,11H,3-4H2. The minimum atomic E-state index is -0.487. The molecule has 0 radical (unpaired) electrons. The average Bonchev–Trinajstić information content (AvgIpc) is 2.72. The van der Waals surface area contributed by atoms with Crippen molar-refractivity contribution in [2.45, 2.75) is 12.5 Å². The van der Waals surface area contributed by atoms with Gasteiger partial charge in [-0.2, -0.15) is 0 Å². The Labute approximate surface area is 89.0 Å². The Balaban J connectivity index is 2.16. The topological polar surface area (TPSA) is 29.5 Å². The molecule has 4 heteroatoms. The predicted molar refractivity (Wildman–Crippen MR) is 55.6 cm³/mol. The van der Waals surface area contributed by atoms with E-state index in [0.29, 0.717) is 6.61 Å². The lowest BCUT2D eigenvalue weighted by Crippen LogP contribution is -1.97. The van der Waals surface area contributed by atoms with Crippen molar-refractivity contribution in [3.63, 3.8) is 0 Å². The van der Waals surface area contributed by atoms with Crippen LogP contribution in [0.2, 0.25) is 0 Å². The Morgan fingerprint density at radius 3 is 2.92 bits per heavy atom. The molecule has 70 valence electrons. The van der Waals surface area contributed by atoms with Crippen molar-refractivity contribution >= 4 is 27.3 Å².